The van der Waals surface area contributed by atoms with Crippen molar-refractivity contribution in [3.8, 4) is 0 Å². The number of hydrogen-bond donors (Lipinski definition) is 2. The first-order chi connectivity index (χ1) is 6.64. The van der Waals surface area contributed by atoms with Crippen LogP contribution in [0.3, 0.4) is 0 Å². The van der Waals surface area contributed by atoms with E-state index in [1.165, 1.54) is 12.8 Å². The van der Waals surface area contributed by atoms with Gasteiger partial charge in [-0.1, -0.05) is 13.8 Å². The first-order valence-electron chi connectivity index (χ1n) is 5.61. The zero-order valence-electron chi connectivity index (χ0n) is 9.55. The van der Waals surface area contributed by atoms with E-state index in [-0.39, 0.29) is 12.1 Å². The van der Waals surface area contributed by atoms with Crippen LogP contribution in [0.5, 0.6) is 0 Å². The summed E-state index contributed by atoms with van der Waals surface area (Å²) in [6.45, 7) is 7.73. The predicted molar refractivity (Wildman–Crippen MR) is 57.3 cm³/mol. The molecule has 0 aromatic carbocycles. The summed E-state index contributed by atoms with van der Waals surface area (Å²) in [4.78, 5) is 0. The maximum Gasteiger partial charge on any atom is 0.0681 e. The van der Waals surface area contributed by atoms with E-state index in [9.17, 15) is 5.11 Å². The van der Waals surface area contributed by atoms with Gasteiger partial charge in [-0.2, -0.15) is 0 Å². The lowest BCUT2D eigenvalue weighted by atomic mass is 9.94. The Balaban J connectivity index is 2.54. The third-order valence-electron chi connectivity index (χ3n) is 2.78. The van der Waals surface area contributed by atoms with Crippen molar-refractivity contribution >= 4 is 0 Å². The van der Waals surface area contributed by atoms with Crippen LogP contribution in [0, 0.1) is 5.92 Å². The van der Waals surface area contributed by atoms with E-state index in [2.05, 4.69) is 19.2 Å². The first kappa shape index (κ1) is 12.0. The SMILES string of the molecule is CCOCC(CO)(NC(C)C)C1CC1. The molecule has 1 atom stereocenters. The normalized spacial score (nSPS) is 21.2. The number of aliphatic hydroxyl groups is 1. The molecule has 0 radical (unpaired) electrons. The fraction of sp³-hybridized carbons (Fsp3) is 1.00. The lowest BCUT2D eigenvalue weighted by Crippen LogP contribution is -2.56. The Kier molecular flexibility index (Phi) is 4.35. The zero-order chi connectivity index (χ0) is 10.6. The Morgan fingerprint density at radius 1 is 1.50 bits per heavy atom. The monoisotopic (exact) mass is 201 g/mol. The van der Waals surface area contributed by atoms with E-state index in [1.807, 2.05) is 6.92 Å². The number of ether oxygens (including phenoxy) is 1. The van der Waals surface area contributed by atoms with Crippen LogP contribution in [0.4, 0.5) is 0 Å². The highest BCUT2D eigenvalue weighted by Crippen LogP contribution is 2.40. The molecule has 0 heterocycles. The van der Waals surface area contributed by atoms with Crippen LogP contribution in [-0.4, -0.2) is 36.5 Å². The van der Waals surface area contributed by atoms with Crippen LogP contribution in [0.1, 0.15) is 33.6 Å². The highest BCUT2D eigenvalue weighted by molar-refractivity contribution is 5.01. The third kappa shape index (κ3) is 2.94. The second kappa shape index (κ2) is 5.10. The van der Waals surface area contributed by atoms with Gasteiger partial charge in [-0.25, -0.2) is 0 Å². The standard InChI is InChI=1S/C11H23NO2/c1-4-14-8-11(7-13,10-5-6-10)12-9(2)3/h9-10,12-13H,4-8H2,1-3H3. The molecule has 0 amide bonds. The number of hydrogen-bond acceptors (Lipinski definition) is 3. The average Bonchev–Trinajstić information content (AvgIpc) is 2.95. The summed E-state index contributed by atoms with van der Waals surface area (Å²) in [6.07, 6.45) is 2.43. The Bertz CT molecular complexity index is 169. The van der Waals surface area contributed by atoms with E-state index < -0.39 is 0 Å². The number of rotatable bonds is 7. The molecular weight excluding hydrogens is 178 g/mol. The van der Waals surface area contributed by atoms with Crippen molar-refractivity contribution in [2.45, 2.75) is 45.2 Å². The summed E-state index contributed by atoms with van der Waals surface area (Å²) >= 11 is 0. The van der Waals surface area contributed by atoms with Gasteiger partial charge in [0.15, 0.2) is 0 Å². The quantitative estimate of drug-likeness (QED) is 0.649. The second-order valence-corrected chi connectivity index (χ2v) is 4.52. The minimum atomic E-state index is -0.190. The van der Waals surface area contributed by atoms with Gasteiger partial charge in [0.05, 0.1) is 18.8 Å². The summed E-state index contributed by atoms with van der Waals surface area (Å²) < 4.78 is 5.47. The first-order valence-corrected chi connectivity index (χ1v) is 5.61. The van der Waals surface area contributed by atoms with Crippen LogP contribution in [-0.2, 0) is 4.74 Å². The van der Waals surface area contributed by atoms with E-state index in [0.29, 0.717) is 25.2 Å². The van der Waals surface area contributed by atoms with Crippen molar-refractivity contribution in [1.82, 2.24) is 5.32 Å². The molecule has 0 aromatic rings. The topological polar surface area (TPSA) is 41.5 Å². The van der Waals surface area contributed by atoms with Gasteiger partial charge in [-0.15, -0.1) is 0 Å². The van der Waals surface area contributed by atoms with Crippen LogP contribution >= 0.6 is 0 Å². The Labute approximate surface area is 86.8 Å². The molecule has 84 valence electrons. The van der Waals surface area contributed by atoms with Gasteiger partial charge in [-0.05, 0) is 25.7 Å². The molecule has 0 aliphatic heterocycles. The summed E-state index contributed by atoms with van der Waals surface area (Å²) in [5, 5.41) is 13.0. The predicted octanol–water partition coefficient (Wildman–Crippen LogP) is 1.16. The number of aliphatic hydroxyl groups excluding tert-OH is 1. The molecule has 3 heteroatoms. The van der Waals surface area contributed by atoms with Gasteiger partial charge < -0.3 is 15.2 Å². The summed E-state index contributed by atoms with van der Waals surface area (Å²) in [5.74, 6) is 0.599. The van der Waals surface area contributed by atoms with Gasteiger partial charge in [0.1, 0.15) is 0 Å². The Hall–Kier alpha value is -0.120. The maximum absolute atomic E-state index is 9.52. The van der Waals surface area contributed by atoms with Crippen LogP contribution in [0.2, 0.25) is 0 Å². The molecule has 0 saturated heterocycles. The summed E-state index contributed by atoms with van der Waals surface area (Å²) in [5.41, 5.74) is -0.190. The molecule has 0 aromatic heterocycles. The average molecular weight is 201 g/mol. The summed E-state index contributed by atoms with van der Waals surface area (Å²) in [7, 11) is 0. The van der Waals surface area contributed by atoms with E-state index >= 15 is 0 Å². The van der Waals surface area contributed by atoms with Gasteiger partial charge in [0, 0.05) is 12.6 Å². The van der Waals surface area contributed by atoms with Gasteiger partial charge in [0.25, 0.3) is 0 Å². The highest BCUT2D eigenvalue weighted by Gasteiger charge is 2.45. The lowest BCUT2D eigenvalue weighted by molar-refractivity contribution is 0.0242. The van der Waals surface area contributed by atoms with Gasteiger partial charge in [0.2, 0.25) is 0 Å². The second-order valence-electron chi connectivity index (χ2n) is 4.52. The molecule has 1 aliphatic carbocycles. The van der Waals surface area contributed by atoms with Crippen molar-refractivity contribution in [2.24, 2.45) is 5.92 Å². The molecule has 14 heavy (non-hydrogen) atoms. The van der Waals surface area contributed by atoms with Gasteiger partial charge >= 0.3 is 0 Å². The van der Waals surface area contributed by atoms with Crippen molar-refractivity contribution in [3.05, 3.63) is 0 Å². The molecule has 3 nitrogen and oxygen atoms in total. The fourth-order valence-corrected chi connectivity index (χ4v) is 1.99. The summed E-state index contributed by atoms with van der Waals surface area (Å²) in [6, 6.07) is 0.392. The molecule has 1 fully saturated rings. The molecule has 1 saturated carbocycles. The lowest BCUT2D eigenvalue weighted by Gasteiger charge is -2.35. The van der Waals surface area contributed by atoms with Crippen molar-refractivity contribution < 1.29 is 9.84 Å². The maximum atomic E-state index is 9.52. The third-order valence-corrected chi connectivity index (χ3v) is 2.78. The molecular formula is C11H23NO2. The van der Waals surface area contributed by atoms with Crippen LogP contribution in [0.25, 0.3) is 0 Å². The van der Waals surface area contributed by atoms with Gasteiger partial charge in [-0.3, -0.25) is 0 Å². The molecule has 2 N–H and O–H groups in total. The van der Waals surface area contributed by atoms with E-state index in [4.69, 9.17) is 4.74 Å². The highest BCUT2D eigenvalue weighted by atomic mass is 16.5. The molecule has 0 spiro atoms. The van der Waals surface area contributed by atoms with Crippen LogP contribution in [0.15, 0.2) is 0 Å². The zero-order valence-corrected chi connectivity index (χ0v) is 9.55. The minimum Gasteiger partial charge on any atom is -0.394 e. The van der Waals surface area contributed by atoms with E-state index in [1.54, 1.807) is 0 Å². The van der Waals surface area contributed by atoms with Crippen LogP contribution < -0.4 is 5.32 Å². The Morgan fingerprint density at radius 3 is 2.50 bits per heavy atom. The molecule has 1 rings (SSSR count). The van der Waals surface area contributed by atoms with Crippen molar-refractivity contribution in [3.63, 3.8) is 0 Å². The van der Waals surface area contributed by atoms with Crippen molar-refractivity contribution in [2.75, 3.05) is 19.8 Å². The molecule has 1 aliphatic rings. The van der Waals surface area contributed by atoms with E-state index in [0.717, 1.165) is 0 Å². The smallest absolute Gasteiger partial charge is 0.0681 e. The Morgan fingerprint density at radius 2 is 2.14 bits per heavy atom. The van der Waals surface area contributed by atoms with Crippen molar-refractivity contribution in [1.29, 1.82) is 0 Å². The molecule has 0 bridgehead atoms. The largest absolute Gasteiger partial charge is 0.394 e. The molecule has 1 unspecified atom stereocenters. The fourth-order valence-electron chi connectivity index (χ4n) is 1.99. The number of nitrogens with one attached hydrogen (secondary N) is 1. The minimum absolute atomic E-state index is 0.176.